The van der Waals surface area contributed by atoms with E-state index in [0.29, 0.717) is 40.1 Å². The van der Waals surface area contributed by atoms with Gasteiger partial charge < -0.3 is 14.6 Å². The minimum absolute atomic E-state index is 0.0744. The largest absolute Gasteiger partial charge is 0.493 e. The van der Waals surface area contributed by atoms with Crippen molar-refractivity contribution >= 4 is 22.8 Å². The molecule has 9 heteroatoms. The van der Waals surface area contributed by atoms with E-state index in [-0.39, 0.29) is 12.1 Å². The van der Waals surface area contributed by atoms with Crippen LogP contribution in [-0.4, -0.2) is 37.9 Å². The molecule has 4 rings (SSSR count). The Hall–Kier alpha value is -2.58. The number of hydrogen-bond donors (Lipinski definition) is 1. The van der Waals surface area contributed by atoms with E-state index >= 15 is 0 Å². The number of hydrogen-bond acceptors (Lipinski definition) is 5. The molecule has 1 N–H and O–H groups in total. The Kier molecular flexibility index (Phi) is 6.20. The van der Waals surface area contributed by atoms with Crippen molar-refractivity contribution in [2.45, 2.75) is 45.2 Å². The third kappa shape index (κ3) is 4.27. The Bertz CT molecular complexity index is 1220. The van der Waals surface area contributed by atoms with E-state index in [1.807, 2.05) is 13.0 Å². The first-order valence-electron chi connectivity index (χ1n) is 10.6. The molecule has 0 bridgehead atoms. The Labute approximate surface area is 185 Å². The maximum absolute atomic E-state index is 13.1. The zero-order chi connectivity index (χ0) is 22.1. The van der Waals surface area contributed by atoms with Crippen LogP contribution >= 0.6 is 11.6 Å². The van der Waals surface area contributed by atoms with Gasteiger partial charge in [-0.3, -0.25) is 13.9 Å². The monoisotopic (exact) mass is 445 g/mol. The lowest BCUT2D eigenvalue weighted by Crippen LogP contribution is -2.40. The standard InChI is InChI=1S/C22H28ClN5O3/c1-14-10-16(23)11-15(19(14)31-9-7-17-6-4-5-8-24-17)12-28-21(29)18-20(25-13-26(18)2)27(3)22(28)30/h10-11,13,17,24H,4-9,12H2,1-3H3. The van der Waals surface area contributed by atoms with Crippen LogP contribution < -0.4 is 21.3 Å². The summed E-state index contributed by atoms with van der Waals surface area (Å²) in [5.74, 6) is 0.680. The normalized spacial score (nSPS) is 16.7. The fourth-order valence-corrected chi connectivity index (χ4v) is 4.60. The molecule has 3 aromatic rings. The molecular weight excluding hydrogens is 418 g/mol. The summed E-state index contributed by atoms with van der Waals surface area (Å²) in [6, 6.07) is 4.07. The van der Waals surface area contributed by atoms with Gasteiger partial charge in [-0.25, -0.2) is 9.78 Å². The maximum atomic E-state index is 13.1. The van der Waals surface area contributed by atoms with Crippen molar-refractivity contribution < 1.29 is 4.74 Å². The third-order valence-corrected chi connectivity index (χ3v) is 6.19. The van der Waals surface area contributed by atoms with Crippen LogP contribution in [0, 0.1) is 6.92 Å². The van der Waals surface area contributed by atoms with E-state index in [1.54, 1.807) is 24.7 Å². The van der Waals surface area contributed by atoms with Gasteiger partial charge in [0.15, 0.2) is 11.2 Å². The number of benzene rings is 1. The van der Waals surface area contributed by atoms with E-state index < -0.39 is 5.69 Å². The zero-order valence-electron chi connectivity index (χ0n) is 18.2. The molecule has 166 valence electrons. The lowest BCUT2D eigenvalue weighted by Gasteiger charge is -2.24. The van der Waals surface area contributed by atoms with Crippen LogP contribution in [0.3, 0.4) is 0 Å². The van der Waals surface area contributed by atoms with Crippen molar-refractivity contribution in [1.82, 2.24) is 24.0 Å². The van der Waals surface area contributed by atoms with Crippen molar-refractivity contribution in [1.29, 1.82) is 0 Å². The second kappa shape index (κ2) is 8.88. The number of rotatable bonds is 6. The molecule has 0 radical (unpaired) electrons. The molecule has 0 saturated carbocycles. The van der Waals surface area contributed by atoms with Gasteiger partial charge in [0.25, 0.3) is 5.56 Å². The van der Waals surface area contributed by atoms with E-state index in [4.69, 9.17) is 16.3 Å². The minimum Gasteiger partial charge on any atom is -0.493 e. The number of fused-ring (bicyclic) bond motifs is 1. The van der Waals surface area contributed by atoms with Crippen molar-refractivity contribution in [2.75, 3.05) is 13.2 Å². The van der Waals surface area contributed by atoms with Crippen molar-refractivity contribution in [3.63, 3.8) is 0 Å². The van der Waals surface area contributed by atoms with E-state index in [1.165, 1.54) is 28.3 Å². The van der Waals surface area contributed by atoms with Gasteiger partial charge in [0, 0.05) is 30.7 Å². The summed E-state index contributed by atoms with van der Waals surface area (Å²) in [4.78, 5) is 30.2. The van der Waals surface area contributed by atoms with Crippen LogP contribution in [0.25, 0.3) is 11.2 Å². The first-order chi connectivity index (χ1) is 14.9. The molecule has 0 amide bonds. The molecule has 1 atom stereocenters. The lowest BCUT2D eigenvalue weighted by molar-refractivity contribution is 0.264. The molecular formula is C22H28ClN5O3. The molecule has 31 heavy (non-hydrogen) atoms. The topological polar surface area (TPSA) is 83.1 Å². The molecule has 0 aliphatic carbocycles. The molecule has 1 fully saturated rings. The fraction of sp³-hybridized carbons (Fsp3) is 0.500. The minimum atomic E-state index is -0.425. The summed E-state index contributed by atoms with van der Waals surface area (Å²) in [7, 11) is 3.36. The van der Waals surface area contributed by atoms with Crippen molar-refractivity contribution in [3.8, 4) is 5.75 Å². The predicted molar refractivity (Wildman–Crippen MR) is 121 cm³/mol. The molecule has 1 aliphatic heterocycles. The van der Waals surface area contributed by atoms with Crippen LogP contribution in [0.15, 0.2) is 28.0 Å². The van der Waals surface area contributed by atoms with Gasteiger partial charge in [-0.2, -0.15) is 0 Å². The Morgan fingerprint density at radius 2 is 2.06 bits per heavy atom. The molecule has 0 spiro atoms. The Morgan fingerprint density at radius 3 is 2.81 bits per heavy atom. The molecule has 1 saturated heterocycles. The van der Waals surface area contributed by atoms with Crippen LogP contribution in [0.4, 0.5) is 0 Å². The predicted octanol–water partition coefficient (Wildman–Crippen LogP) is 2.35. The number of nitrogens with zero attached hydrogens (tertiary/aromatic N) is 4. The van der Waals surface area contributed by atoms with Crippen LogP contribution in [0.5, 0.6) is 5.75 Å². The van der Waals surface area contributed by atoms with Gasteiger partial charge >= 0.3 is 5.69 Å². The average molecular weight is 446 g/mol. The van der Waals surface area contributed by atoms with Gasteiger partial charge in [0.05, 0.1) is 19.5 Å². The number of aromatic nitrogens is 4. The number of aryl methyl sites for hydroxylation is 3. The van der Waals surface area contributed by atoms with Crippen molar-refractivity contribution in [3.05, 3.63) is 55.4 Å². The molecule has 1 aliphatic rings. The highest BCUT2D eigenvalue weighted by atomic mass is 35.5. The van der Waals surface area contributed by atoms with Crippen LogP contribution in [0.2, 0.25) is 5.02 Å². The Balaban J connectivity index is 1.66. The third-order valence-electron chi connectivity index (χ3n) is 5.97. The summed E-state index contributed by atoms with van der Waals surface area (Å²) in [5.41, 5.74) is 1.53. The van der Waals surface area contributed by atoms with Crippen molar-refractivity contribution in [2.24, 2.45) is 14.1 Å². The number of ether oxygens (including phenoxy) is 1. The van der Waals surface area contributed by atoms with Gasteiger partial charge in [-0.15, -0.1) is 0 Å². The summed E-state index contributed by atoms with van der Waals surface area (Å²) in [5, 5.41) is 4.07. The van der Waals surface area contributed by atoms with E-state index in [0.717, 1.165) is 24.9 Å². The zero-order valence-corrected chi connectivity index (χ0v) is 18.9. The van der Waals surface area contributed by atoms with Crippen LogP contribution in [0.1, 0.15) is 36.8 Å². The SMILES string of the molecule is Cc1cc(Cl)cc(Cn2c(=O)c3c(ncn3C)n(C)c2=O)c1OCCC1CCCCN1. The Morgan fingerprint density at radius 1 is 1.26 bits per heavy atom. The van der Waals surface area contributed by atoms with E-state index in [9.17, 15) is 9.59 Å². The molecule has 2 aromatic heterocycles. The summed E-state index contributed by atoms with van der Waals surface area (Å²) in [6.45, 7) is 3.61. The smallest absolute Gasteiger partial charge is 0.332 e. The fourth-order valence-electron chi connectivity index (χ4n) is 4.30. The number of imidazole rings is 1. The van der Waals surface area contributed by atoms with Crippen LogP contribution in [-0.2, 0) is 20.6 Å². The van der Waals surface area contributed by atoms with Gasteiger partial charge in [0.1, 0.15) is 5.75 Å². The number of piperidine rings is 1. The molecule has 8 nitrogen and oxygen atoms in total. The first kappa shape index (κ1) is 21.6. The summed E-state index contributed by atoms with van der Waals surface area (Å²) in [6.07, 6.45) is 6.07. The van der Waals surface area contributed by atoms with Gasteiger partial charge in [-0.05, 0) is 50.4 Å². The first-order valence-corrected chi connectivity index (χ1v) is 11.0. The summed E-state index contributed by atoms with van der Waals surface area (Å²) < 4.78 is 10.4. The summed E-state index contributed by atoms with van der Waals surface area (Å²) >= 11 is 6.31. The average Bonchev–Trinajstić information content (AvgIpc) is 3.14. The number of halogens is 1. The maximum Gasteiger partial charge on any atom is 0.332 e. The van der Waals surface area contributed by atoms with Gasteiger partial charge in [0.2, 0.25) is 0 Å². The molecule has 1 aromatic carbocycles. The van der Waals surface area contributed by atoms with Gasteiger partial charge in [-0.1, -0.05) is 18.0 Å². The highest BCUT2D eigenvalue weighted by Crippen LogP contribution is 2.29. The van der Waals surface area contributed by atoms with E-state index in [2.05, 4.69) is 10.3 Å². The highest BCUT2D eigenvalue weighted by Gasteiger charge is 2.18. The molecule has 3 heterocycles. The highest BCUT2D eigenvalue weighted by molar-refractivity contribution is 6.30. The quantitative estimate of drug-likeness (QED) is 0.629. The lowest BCUT2D eigenvalue weighted by atomic mass is 10.0. The number of nitrogens with one attached hydrogen (secondary N) is 1. The second-order valence-corrected chi connectivity index (χ2v) is 8.69. The molecule has 1 unspecified atom stereocenters. The second-order valence-electron chi connectivity index (χ2n) is 8.26.